The third-order valence-electron chi connectivity index (χ3n) is 3.93. The largest absolute Gasteiger partial charge is 0.454 e. The van der Waals surface area contributed by atoms with Crippen LogP contribution in [0.1, 0.15) is 28.4 Å². The summed E-state index contributed by atoms with van der Waals surface area (Å²) in [4.78, 5) is 16.1. The number of hydrogen-bond acceptors (Lipinski definition) is 4. The number of carbonyl (C=O) groups excluding carboxylic acids is 1. The van der Waals surface area contributed by atoms with Gasteiger partial charge in [0.2, 0.25) is 0 Å². The van der Waals surface area contributed by atoms with Gasteiger partial charge in [-0.15, -0.1) is 0 Å². The van der Waals surface area contributed by atoms with Gasteiger partial charge in [0.15, 0.2) is 5.76 Å². The number of amides is 1. The lowest BCUT2D eigenvalue weighted by Crippen LogP contribution is -2.18. The fourth-order valence-electron chi connectivity index (χ4n) is 2.66. The van der Waals surface area contributed by atoms with Crippen molar-refractivity contribution >= 4 is 11.6 Å². The van der Waals surface area contributed by atoms with Gasteiger partial charge in [-0.2, -0.15) is 0 Å². The van der Waals surface area contributed by atoms with Crippen LogP contribution in [0.2, 0.25) is 0 Å². The van der Waals surface area contributed by atoms with Crippen LogP contribution in [-0.4, -0.2) is 16.8 Å². The predicted octanol–water partition coefficient (Wildman–Crippen LogP) is 4.15. The molecule has 0 radical (unpaired) electrons. The molecule has 5 nitrogen and oxygen atoms in total. The van der Waals surface area contributed by atoms with Gasteiger partial charge >= 0.3 is 0 Å². The Balaban J connectivity index is 2.20. The van der Waals surface area contributed by atoms with E-state index in [0.29, 0.717) is 34.0 Å². The average Bonchev–Trinajstić information content (AvgIpc) is 2.84. The SMILES string of the molecule is C=CC1=C(/C=C\C)Oc2ccc(F)cc2C(c2ccc(C(=O)NO)cc2)=N1. The van der Waals surface area contributed by atoms with Crippen LogP contribution >= 0.6 is 0 Å². The molecule has 1 amide bonds. The Kier molecular flexibility index (Phi) is 5.28. The molecule has 0 saturated heterocycles. The molecule has 2 N–H and O–H groups in total. The molecule has 0 bridgehead atoms. The van der Waals surface area contributed by atoms with Crippen molar-refractivity contribution in [2.24, 2.45) is 4.99 Å². The summed E-state index contributed by atoms with van der Waals surface area (Å²) < 4.78 is 19.8. The van der Waals surface area contributed by atoms with Crippen molar-refractivity contribution in [1.29, 1.82) is 0 Å². The number of nitrogens with zero attached hydrogens (tertiary/aromatic N) is 1. The van der Waals surface area contributed by atoms with E-state index in [9.17, 15) is 9.18 Å². The topological polar surface area (TPSA) is 70.9 Å². The quantitative estimate of drug-likeness (QED) is 0.632. The minimum atomic E-state index is -0.624. The van der Waals surface area contributed by atoms with Crippen LogP contribution in [0.25, 0.3) is 0 Å². The maximum absolute atomic E-state index is 13.9. The summed E-state index contributed by atoms with van der Waals surface area (Å²) in [6.07, 6.45) is 5.13. The molecule has 2 aromatic carbocycles. The number of hydroxylamine groups is 1. The summed E-state index contributed by atoms with van der Waals surface area (Å²) in [6, 6.07) is 10.6. The van der Waals surface area contributed by atoms with Crippen molar-refractivity contribution in [2.45, 2.75) is 6.92 Å². The van der Waals surface area contributed by atoms with E-state index in [2.05, 4.69) is 11.6 Å². The molecular weight excluding hydrogens is 347 g/mol. The zero-order chi connectivity index (χ0) is 19.4. The second-order valence-corrected chi connectivity index (χ2v) is 5.67. The predicted molar refractivity (Wildman–Crippen MR) is 100 cm³/mol. The lowest BCUT2D eigenvalue weighted by molar-refractivity contribution is 0.0706. The number of nitrogens with one attached hydrogen (secondary N) is 1. The van der Waals surface area contributed by atoms with Gasteiger partial charge in [-0.1, -0.05) is 24.8 Å². The van der Waals surface area contributed by atoms with Crippen LogP contribution in [0.3, 0.4) is 0 Å². The molecule has 0 spiro atoms. The number of ether oxygens (including phenoxy) is 1. The molecule has 0 aromatic heterocycles. The van der Waals surface area contributed by atoms with Crippen LogP contribution in [0.5, 0.6) is 5.75 Å². The van der Waals surface area contributed by atoms with E-state index in [1.807, 2.05) is 13.0 Å². The fourth-order valence-corrected chi connectivity index (χ4v) is 2.66. The molecule has 0 saturated carbocycles. The zero-order valence-electron chi connectivity index (χ0n) is 14.6. The van der Waals surface area contributed by atoms with Crippen LogP contribution in [0, 0.1) is 5.82 Å². The number of halogens is 1. The molecule has 1 aliphatic heterocycles. The first-order chi connectivity index (χ1) is 13.1. The van der Waals surface area contributed by atoms with Gasteiger partial charge < -0.3 is 4.74 Å². The van der Waals surface area contributed by atoms with E-state index in [0.717, 1.165) is 0 Å². The molecule has 136 valence electrons. The second kappa shape index (κ2) is 7.80. The average molecular weight is 364 g/mol. The minimum Gasteiger partial charge on any atom is -0.454 e. The first kappa shape index (κ1) is 18.3. The molecule has 0 unspecified atom stereocenters. The third-order valence-corrected chi connectivity index (χ3v) is 3.93. The van der Waals surface area contributed by atoms with Crippen molar-refractivity contribution in [3.63, 3.8) is 0 Å². The lowest BCUT2D eigenvalue weighted by atomic mass is 9.99. The molecular formula is C21H17FN2O3. The van der Waals surface area contributed by atoms with E-state index in [1.165, 1.54) is 24.3 Å². The molecule has 1 aliphatic rings. The second-order valence-electron chi connectivity index (χ2n) is 5.67. The minimum absolute atomic E-state index is 0.278. The van der Waals surface area contributed by atoms with Crippen molar-refractivity contribution in [3.8, 4) is 5.75 Å². The molecule has 0 fully saturated rings. The number of carbonyl (C=O) groups is 1. The Morgan fingerprint density at radius 3 is 2.63 bits per heavy atom. The van der Waals surface area contributed by atoms with Gasteiger partial charge in [-0.3, -0.25) is 10.0 Å². The van der Waals surface area contributed by atoms with Crippen LogP contribution in [0.4, 0.5) is 4.39 Å². The fraction of sp³-hybridized carbons (Fsp3) is 0.0476. The van der Waals surface area contributed by atoms with Crippen LogP contribution < -0.4 is 10.2 Å². The molecule has 2 aromatic rings. The monoisotopic (exact) mass is 364 g/mol. The van der Waals surface area contributed by atoms with Gasteiger partial charge in [0.1, 0.15) is 17.3 Å². The highest BCUT2D eigenvalue weighted by molar-refractivity contribution is 6.15. The zero-order valence-corrected chi connectivity index (χ0v) is 14.6. The highest BCUT2D eigenvalue weighted by atomic mass is 19.1. The summed E-state index contributed by atoms with van der Waals surface area (Å²) in [5.41, 5.74) is 3.97. The number of hydrogen-bond donors (Lipinski definition) is 2. The molecule has 3 rings (SSSR count). The summed E-state index contributed by atoms with van der Waals surface area (Å²) in [7, 11) is 0. The van der Waals surface area contributed by atoms with Gasteiger partial charge in [0.05, 0.1) is 5.71 Å². The number of aliphatic imine (C=N–C) groups is 1. The summed E-state index contributed by atoms with van der Waals surface area (Å²) in [5, 5.41) is 8.75. The number of benzene rings is 2. The molecule has 0 atom stereocenters. The summed E-state index contributed by atoms with van der Waals surface area (Å²) in [6.45, 7) is 5.63. The standard InChI is InChI=1S/C21H17FN2O3/c1-3-5-19-17(4-2)23-20(16-12-15(22)10-11-18(16)27-19)13-6-8-14(9-7-13)21(25)24-26/h3-12,26H,2H2,1H3,(H,24,25)/b5-3-. The molecule has 0 aliphatic carbocycles. The number of rotatable bonds is 4. The third kappa shape index (κ3) is 3.70. The van der Waals surface area contributed by atoms with Crippen molar-refractivity contribution in [1.82, 2.24) is 5.48 Å². The van der Waals surface area contributed by atoms with E-state index in [1.54, 1.807) is 35.8 Å². The Labute approximate surface area is 155 Å². The van der Waals surface area contributed by atoms with Gasteiger partial charge in [0, 0.05) is 16.7 Å². The summed E-state index contributed by atoms with van der Waals surface area (Å²) >= 11 is 0. The first-order valence-electron chi connectivity index (χ1n) is 8.18. The number of fused-ring (bicyclic) bond motifs is 1. The van der Waals surface area contributed by atoms with E-state index >= 15 is 0 Å². The Bertz CT molecular complexity index is 989. The maximum Gasteiger partial charge on any atom is 0.274 e. The maximum atomic E-state index is 13.9. The van der Waals surface area contributed by atoms with Crippen LogP contribution in [0.15, 0.2) is 83.7 Å². The summed E-state index contributed by atoms with van der Waals surface area (Å²) in [5.74, 6) is -0.0962. The normalized spacial score (nSPS) is 13.5. The van der Waals surface area contributed by atoms with Crippen molar-refractivity contribution in [3.05, 3.63) is 101 Å². The Hall–Kier alpha value is -3.51. The van der Waals surface area contributed by atoms with Crippen molar-refractivity contribution < 1.29 is 19.1 Å². The van der Waals surface area contributed by atoms with E-state index in [4.69, 9.17) is 9.94 Å². The van der Waals surface area contributed by atoms with Gasteiger partial charge in [-0.25, -0.2) is 14.9 Å². The highest BCUT2D eigenvalue weighted by Gasteiger charge is 2.20. The van der Waals surface area contributed by atoms with Crippen LogP contribution in [-0.2, 0) is 0 Å². The smallest absolute Gasteiger partial charge is 0.274 e. The van der Waals surface area contributed by atoms with E-state index < -0.39 is 11.7 Å². The number of allylic oxidation sites excluding steroid dienone is 3. The molecule has 6 heteroatoms. The van der Waals surface area contributed by atoms with Crippen molar-refractivity contribution in [2.75, 3.05) is 0 Å². The van der Waals surface area contributed by atoms with Gasteiger partial charge in [-0.05, 0) is 49.4 Å². The Morgan fingerprint density at radius 2 is 2.00 bits per heavy atom. The van der Waals surface area contributed by atoms with E-state index in [-0.39, 0.29) is 5.56 Å². The molecule has 27 heavy (non-hydrogen) atoms. The highest BCUT2D eigenvalue weighted by Crippen LogP contribution is 2.31. The molecule has 1 heterocycles. The van der Waals surface area contributed by atoms with Gasteiger partial charge in [0.25, 0.3) is 5.91 Å². The first-order valence-corrected chi connectivity index (χ1v) is 8.18. The Morgan fingerprint density at radius 1 is 1.26 bits per heavy atom. The lowest BCUT2D eigenvalue weighted by Gasteiger charge is -2.11.